The summed E-state index contributed by atoms with van der Waals surface area (Å²) in [5.41, 5.74) is 12.5. The number of aromatic nitrogens is 1. The fourth-order valence-electron chi connectivity index (χ4n) is 5.44. The fraction of sp³-hybridized carbons (Fsp3) is 0.294. The average Bonchev–Trinajstić information content (AvgIpc) is 3.39. The van der Waals surface area contributed by atoms with Crippen LogP contribution >= 0.6 is 39.1 Å². The van der Waals surface area contributed by atoms with E-state index in [1.54, 1.807) is 6.07 Å². The Balaban J connectivity index is 1.37. The molecule has 3 aromatic carbocycles. The Hall–Kier alpha value is -3.14. The highest BCUT2D eigenvalue weighted by Gasteiger charge is 2.32. The summed E-state index contributed by atoms with van der Waals surface area (Å²) in [5, 5.41) is 20.2. The molecule has 44 heavy (non-hydrogen) atoms. The maximum absolute atomic E-state index is 11.6. The van der Waals surface area contributed by atoms with E-state index >= 15 is 0 Å². The molecule has 0 unspecified atom stereocenters. The van der Waals surface area contributed by atoms with Gasteiger partial charge in [-0.3, -0.25) is 4.79 Å². The van der Waals surface area contributed by atoms with Gasteiger partial charge in [-0.15, -0.1) is 0 Å². The normalized spacial score (nSPS) is 15.5. The molecule has 0 amide bonds. The number of fused-ring (bicyclic) bond motifs is 1. The lowest BCUT2D eigenvalue weighted by molar-refractivity contribution is -0.150. The number of methoxy groups -OCH3 is 1. The molecule has 7 nitrogen and oxygen atoms in total. The molecule has 4 N–H and O–H groups in total. The summed E-state index contributed by atoms with van der Waals surface area (Å²) in [6.45, 7) is 1.16. The molecular formula is C34H33BrCl2N2O5. The topological polar surface area (TPSA) is 115 Å². The molecule has 0 saturated carbocycles. The number of carboxylic acids is 1. The van der Waals surface area contributed by atoms with Crippen LogP contribution in [0.5, 0.6) is 11.8 Å². The quantitative estimate of drug-likeness (QED) is 0.148. The van der Waals surface area contributed by atoms with E-state index < -0.39 is 18.0 Å². The average molecular weight is 700 g/mol. The van der Waals surface area contributed by atoms with Crippen LogP contribution < -0.4 is 15.2 Å². The second-order valence-corrected chi connectivity index (χ2v) is 13.0. The molecule has 0 spiro atoms. The van der Waals surface area contributed by atoms with Gasteiger partial charge in [0, 0.05) is 33.9 Å². The zero-order chi connectivity index (χ0) is 31.6. The Kier molecular flexibility index (Phi) is 9.87. The van der Waals surface area contributed by atoms with E-state index in [9.17, 15) is 15.0 Å². The number of aliphatic hydroxyl groups is 1. The maximum atomic E-state index is 11.6. The SMILES string of the molecule is COc1nc(OCc2cccc(-c3cccc(-c4ccc5c(c4)C[C@@H](N)C5)c3Cl)c2Cl)c(Br)cc1CC[C@](C)(CO)C(=O)O. The van der Waals surface area contributed by atoms with Gasteiger partial charge in [-0.25, -0.2) is 0 Å². The molecule has 2 atom stereocenters. The first-order valence-electron chi connectivity index (χ1n) is 14.2. The monoisotopic (exact) mass is 698 g/mol. The molecule has 230 valence electrons. The van der Waals surface area contributed by atoms with Crippen LogP contribution in [0.15, 0.2) is 65.1 Å². The van der Waals surface area contributed by atoms with Gasteiger partial charge in [-0.2, -0.15) is 4.98 Å². The van der Waals surface area contributed by atoms with Gasteiger partial charge >= 0.3 is 5.97 Å². The molecule has 0 aliphatic heterocycles. The number of hydrogen-bond acceptors (Lipinski definition) is 6. The van der Waals surface area contributed by atoms with E-state index in [0.717, 1.165) is 40.7 Å². The van der Waals surface area contributed by atoms with Crippen molar-refractivity contribution in [1.82, 2.24) is 4.98 Å². The van der Waals surface area contributed by atoms with Crippen LogP contribution in [0.2, 0.25) is 10.0 Å². The number of hydrogen-bond donors (Lipinski definition) is 3. The summed E-state index contributed by atoms with van der Waals surface area (Å²) >= 11 is 17.5. The number of pyridine rings is 1. The highest BCUT2D eigenvalue weighted by atomic mass is 79.9. The van der Waals surface area contributed by atoms with Crippen molar-refractivity contribution in [2.24, 2.45) is 11.1 Å². The van der Waals surface area contributed by atoms with Gasteiger partial charge in [0.2, 0.25) is 11.8 Å². The first-order chi connectivity index (χ1) is 21.0. The number of carbonyl (C=O) groups is 1. The second kappa shape index (κ2) is 13.5. The van der Waals surface area contributed by atoms with Gasteiger partial charge in [-0.1, -0.05) is 77.8 Å². The zero-order valence-corrected chi connectivity index (χ0v) is 27.5. The van der Waals surface area contributed by atoms with Crippen LogP contribution in [-0.4, -0.2) is 40.9 Å². The molecule has 1 aromatic heterocycles. The van der Waals surface area contributed by atoms with Crippen molar-refractivity contribution in [2.75, 3.05) is 13.7 Å². The molecule has 1 heterocycles. The van der Waals surface area contributed by atoms with E-state index in [4.69, 9.17) is 38.4 Å². The largest absolute Gasteiger partial charge is 0.481 e. The predicted molar refractivity (Wildman–Crippen MR) is 177 cm³/mol. The Morgan fingerprint density at radius 2 is 1.68 bits per heavy atom. The Morgan fingerprint density at radius 3 is 2.39 bits per heavy atom. The van der Waals surface area contributed by atoms with Crippen molar-refractivity contribution in [3.05, 3.63) is 97.4 Å². The number of carboxylic acid groups (broad SMARTS) is 1. The van der Waals surface area contributed by atoms with E-state index in [1.165, 1.54) is 25.2 Å². The lowest BCUT2D eigenvalue weighted by atomic mass is 9.85. The summed E-state index contributed by atoms with van der Waals surface area (Å²) in [7, 11) is 1.49. The van der Waals surface area contributed by atoms with Gasteiger partial charge in [0.15, 0.2) is 0 Å². The smallest absolute Gasteiger partial charge is 0.311 e. The van der Waals surface area contributed by atoms with Crippen molar-refractivity contribution >= 4 is 45.1 Å². The zero-order valence-electron chi connectivity index (χ0n) is 24.4. The molecule has 0 fully saturated rings. The molecular weight excluding hydrogens is 667 g/mol. The van der Waals surface area contributed by atoms with Gasteiger partial charge in [0.05, 0.1) is 33.6 Å². The van der Waals surface area contributed by atoms with E-state index in [-0.39, 0.29) is 19.1 Å². The van der Waals surface area contributed by atoms with E-state index in [1.807, 2.05) is 36.4 Å². The second-order valence-electron chi connectivity index (χ2n) is 11.4. The minimum atomic E-state index is -1.27. The summed E-state index contributed by atoms with van der Waals surface area (Å²) in [5.74, 6) is -0.455. The molecule has 1 aliphatic rings. The third-order valence-electron chi connectivity index (χ3n) is 8.20. The number of halogens is 3. The summed E-state index contributed by atoms with van der Waals surface area (Å²) in [6.07, 6.45) is 2.30. The third kappa shape index (κ3) is 6.60. The third-order valence-corrected chi connectivity index (χ3v) is 9.62. The van der Waals surface area contributed by atoms with Gasteiger partial charge < -0.3 is 25.4 Å². The lowest BCUT2D eigenvalue weighted by Crippen LogP contribution is -2.32. The summed E-state index contributed by atoms with van der Waals surface area (Å²) < 4.78 is 12.1. The molecule has 4 aromatic rings. The van der Waals surface area contributed by atoms with Crippen molar-refractivity contribution in [1.29, 1.82) is 0 Å². The number of aliphatic hydroxyl groups excluding tert-OH is 1. The van der Waals surface area contributed by atoms with E-state index in [0.29, 0.717) is 38.3 Å². The highest BCUT2D eigenvalue weighted by Crippen LogP contribution is 2.41. The number of nitrogens with two attached hydrogens (primary N) is 1. The Bertz CT molecular complexity index is 1720. The van der Waals surface area contributed by atoms with Crippen molar-refractivity contribution < 1.29 is 24.5 Å². The number of benzene rings is 3. The van der Waals surface area contributed by atoms with Crippen molar-refractivity contribution in [3.8, 4) is 34.0 Å². The molecule has 5 rings (SSSR count). The fourth-order valence-corrected chi connectivity index (χ4v) is 6.54. The van der Waals surface area contributed by atoms with Gasteiger partial charge in [-0.05, 0) is 71.3 Å². The van der Waals surface area contributed by atoms with Crippen LogP contribution in [0.3, 0.4) is 0 Å². The molecule has 10 heteroatoms. The van der Waals surface area contributed by atoms with E-state index in [2.05, 4.69) is 39.1 Å². The van der Waals surface area contributed by atoms with Crippen LogP contribution in [0.25, 0.3) is 22.3 Å². The van der Waals surface area contributed by atoms with Crippen LogP contribution in [0.1, 0.15) is 35.6 Å². The van der Waals surface area contributed by atoms with Crippen molar-refractivity contribution in [3.63, 3.8) is 0 Å². The molecule has 0 saturated heterocycles. The minimum Gasteiger partial charge on any atom is -0.481 e. The van der Waals surface area contributed by atoms with Crippen LogP contribution in [-0.2, 0) is 30.7 Å². The van der Waals surface area contributed by atoms with Gasteiger partial charge in [0.25, 0.3) is 0 Å². The molecule has 0 radical (unpaired) electrons. The Morgan fingerprint density at radius 1 is 1.00 bits per heavy atom. The number of ether oxygens (including phenoxy) is 2. The number of rotatable bonds is 11. The predicted octanol–water partition coefficient (Wildman–Crippen LogP) is 7.51. The minimum absolute atomic E-state index is 0.130. The Labute approximate surface area is 275 Å². The standard InChI is InChI=1S/C34H33BrCl2N2O5/c1-34(18-40,33(41)42)12-11-21-16-28(35)32(39-31(21)43-2)44-17-22-5-3-7-26(29(22)36)27-8-4-6-25(30(27)37)20-10-9-19-14-24(38)15-23(19)13-20/h3-10,13,16,24,40H,11-12,14-15,17-18,38H2,1-2H3,(H,41,42)/t24-,34+/m0/s1. The number of aryl methyl sites for hydroxylation is 1. The van der Waals surface area contributed by atoms with Crippen molar-refractivity contribution in [2.45, 2.75) is 45.3 Å². The number of nitrogens with zero attached hydrogens (tertiary/aromatic N) is 1. The summed E-state index contributed by atoms with van der Waals surface area (Å²) in [6, 6.07) is 20.0. The maximum Gasteiger partial charge on any atom is 0.311 e. The first kappa shape index (κ1) is 32.3. The highest BCUT2D eigenvalue weighted by molar-refractivity contribution is 9.10. The lowest BCUT2D eigenvalue weighted by Gasteiger charge is -2.22. The molecule has 0 bridgehead atoms. The summed E-state index contributed by atoms with van der Waals surface area (Å²) in [4.78, 5) is 16.1. The molecule has 1 aliphatic carbocycles. The van der Waals surface area contributed by atoms with Crippen LogP contribution in [0, 0.1) is 5.41 Å². The number of aliphatic carboxylic acids is 1. The van der Waals surface area contributed by atoms with Gasteiger partial charge in [0.1, 0.15) is 6.61 Å². The first-order valence-corrected chi connectivity index (χ1v) is 15.7. The van der Waals surface area contributed by atoms with Crippen LogP contribution in [0.4, 0.5) is 0 Å².